The van der Waals surface area contributed by atoms with Gasteiger partial charge in [-0.05, 0) is 24.6 Å². The SMILES string of the molecule is Cc1nc2ccccc2n1CCC(=O)Nc1c(-c2ccccc2)cnn1C. The second kappa shape index (κ2) is 7.07. The van der Waals surface area contributed by atoms with E-state index in [1.54, 1.807) is 10.9 Å². The number of benzene rings is 2. The van der Waals surface area contributed by atoms with E-state index < -0.39 is 0 Å². The van der Waals surface area contributed by atoms with E-state index in [1.165, 1.54) is 0 Å². The van der Waals surface area contributed by atoms with Gasteiger partial charge in [0.05, 0.1) is 17.2 Å². The number of amides is 1. The molecule has 0 saturated carbocycles. The molecule has 0 aliphatic carbocycles. The number of carbonyl (C=O) groups is 1. The Kier molecular flexibility index (Phi) is 4.46. The van der Waals surface area contributed by atoms with Crippen LogP contribution < -0.4 is 5.32 Å². The molecule has 1 amide bonds. The van der Waals surface area contributed by atoms with Gasteiger partial charge >= 0.3 is 0 Å². The number of aromatic nitrogens is 4. The van der Waals surface area contributed by atoms with Gasteiger partial charge < -0.3 is 9.88 Å². The van der Waals surface area contributed by atoms with Crippen LogP contribution in [0.2, 0.25) is 0 Å². The molecule has 0 fully saturated rings. The van der Waals surface area contributed by atoms with Crippen LogP contribution in [-0.2, 0) is 18.4 Å². The van der Waals surface area contributed by atoms with Gasteiger partial charge in [-0.15, -0.1) is 0 Å². The molecule has 27 heavy (non-hydrogen) atoms. The monoisotopic (exact) mass is 359 g/mol. The first-order chi connectivity index (χ1) is 13.1. The second-order valence-corrected chi connectivity index (χ2v) is 6.49. The van der Waals surface area contributed by atoms with Gasteiger partial charge in [-0.3, -0.25) is 9.48 Å². The van der Waals surface area contributed by atoms with E-state index >= 15 is 0 Å². The van der Waals surface area contributed by atoms with E-state index in [0.29, 0.717) is 18.8 Å². The highest BCUT2D eigenvalue weighted by Gasteiger charge is 2.14. The quantitative estimate of drug-likeness (QED) is 0.590. The van der Waals surface area contributed by atoms with E-state index in [2.05, 4.69) is 20.0 Å². The predicted molar refractivity (Wildman–Crippen MR) is 106 cm³/mol. The lowest BCUT2D eigenvalue weighted by Crippen LogP contribution is -2.17. The molecule has 4 aromatic rings. The van der Waals surface area contributed by atoms with Crippen molar-refractivity contribution >= 4 is 22.8 Å². The fraction of sp³-hybridized carbons (Fsp3) is 0.190. The first-order valence-corrected chi connectivity index (χ1v) is 8.92. The minimum Gasteiger partial charge on any atom is -0.328 e. The predicted octanol–water partition coefficient (Wildman–Crippen LogP) is 3.77. The van der Waals surface area contributed by atoms with Gasteiger partial charge in [0.1, 0.15) is 11.6 Å². The lowest BCUT2D eigenvalue weighted by Gasteiger charge is -2.10. The van der Waals surface area contributed by atoms with Gasteiger partial charge in [0.2, 0.25) is 5.91 Å². The standard InChI is InChI=1S/C21H21N5O/c1-15-23-18-10-6-7-11-19(18)26(15)13-12-20(27)24-21-17(14-22-25(21)2)16-8-4-3-5-9-16/h3-11,14H,12-13H2,1-2H3,(H,24,27). The molecule has 0 spiro atoms. The van der Waals surface area contributed by atoms with Crippen LogP contribution in [0.3, 0.4) is 0 Å². The third-order valence-electron chi connectivity index (χ3n) is 4.69. The average molecular weight is 359 g/mol. The zero-order chi connectivity index (χ0) is 18.8. The summed E-state index contributed by atoms with van der Waals surface area (Å²) in [5.41, 5.74) is 3.94. The molecule has 4 rings (SSSR count). The van der Waals surface area contributed by atoms with Crippen molar-refractivity contribution in [3.8, 4) is 11.1 Å². The number of carbonyl (C=O) groups excluding carboxylic acids is 1. The summed E-state index contributed by atoms with van der Waals surface area (Å²) in [6, 6.07) is 17.9. The van der Waals surface area contributed by atoms with Crippen LogP contribution in [0, 0.1) is 6.92 Å². The van der Waals surface area contributed by atoms with Crippen molar-refractivity contribution in [1.82, 2.24) is 19.3 Å². The normalized spacial score (nSPS) is 11.0. The van der Waals surface area contributed by atoms with Gasteiger partial charge in [0.25, 0.3) is 0 Å². The van der Waals surface area contributed by atoms with Crippen molar-refractivity contribution in [1.29, 1.82) is 0 Å². The summed E-state index contributed by atoms with van der Waals surface area (Å²) < 4.78 is 3.77. The van der Waals surface area contributed by atoms with Crippen molar-refractivity contribution < 1.29 is 4.79 Å². The zero-order valence-electron chi connectivity index (χ0n) is 15.4. The molecule has 0 aliphatic heterocycles. The van der Waals surface area contributed by atoms with Crippen molar-refractivity contribution in [3.05, 3.63) is 66.6 Å². The van der Waals surface area contributed by atoms with Gasteiger partial charge in [0.15, 0.2) is 0 Å². The molecule has 0 atom stereocenters. The zero-order valence-corrected chi connectivity index (χ0v) is 15.4. The molecule has 0 bridgehead atoms. The van der Waals surface area contributed by atoms with Crippen LogP contribution in [0.4, 0.5) is 5.82 Å². The molecule has 6 nitrogen and oxygen atoms in total. The van der Waals surface area contributed by atoms with E-state index in [4.69, 9.17) is 0 Å². The van der Waals surface area contributed by atoms with E-state index in [-0.39, 0.29) is 5.91 Å². The minimum absolute atomic E-state index is 0.0482. The first kappa shape index (κ1) is 17.0. The fourth-order valence-electron chi connectivity index (χ4n) is 3.30. The number of anilines is 1. The van der Waals surface area contributed by atoms with Gasteiger partial charge in [-0.1, -0.05) is 42.5 Å². The fourth-order valence-corrected chi connectivity index (χ4v) is 3.30. The Bertz CT molecular complexity index is 1090. The summed E-state index contributed by atoms with van der Waals surface area (Å²) in [5, 5.41) is 7.31. The van der Waals surface area contributed by atoms with Gasteiger partial charge in [-0.2, -0.15) is 5.10 Å². The summed E-state index contributed by atoms with van der Waals surface area (Å²) in [6.45, 7) is 2.54. The van der Waals surface area contributed by atoms with Gasteiger partial charge in [-0.25, -0.2) is 4.98 Å². The molecule has 0 unspecified atom stereocenters. The highest BCUT2D eigenvalue weighted by atomic mass is 16.1. The molecule has 0 radical (unpaired) electrons. The molecule has 136 valence electrons. The molecule has 2 aromatic heterocycles. The number of nitrogens with one attached hydrogen (secondary N) is 1. The average Bonchev–Trinajstić information content (AvgIpc) is 3.20. The molecule has 1 N–H and O–H groups in total. The summed E-state index contributed by atoms with van der Waals surface area (Å²) in [7, 11) is 1.83. The minimum atomic E-state index is -0.0482. The molecule has 0 aliphatic rings. The van der Waals surface area contributed by atoms with E-state index in [0.717, 1.165) is 28.0 Å². The van der Waals surface area contributed by atoms with Crippen LogP contribution in [-0.4, -0.2) is 25.2 Å². The summed E-state index contributed by atoms with van der Waals surface area (Å²) in [6.07, 6.45) is 2.14. The molecular formula is C21H21N5O. The molecule has 0 saturated heterocycles. The topological polar surface area (TPSA) is 64.7 Å². The van der Waals surface area contributed by atoms with Crippen molar-refractivity contribution in [2.45, 2.75) is 19.9 Å². The summed E-state index contributed by atoms with van der Waals surface area (Å²) in [4.78, 5) is 17.2. The lowest BCUT2D eigenvalue weighted by molar-refractivity contribution is -0.116. The molecule has 2 aromatic carbocycles. The molecule has 6 heteroatoms. The van der Waals surface area contributed by atoms with E-state index in [9.17, 15) is 4.79 Å². The third kappa shape index (κ3) is 3.33. The van der Waals surface area contributed by atoms with Crippen LogP contribution in [0.1, 0.15) is 12.2 Å². The number of hydrogen-bond acceptors (Lipinski definition) is 3. The Morgan fingerprint density at radius 2 is 1.81 bits per heavy atom. The van der Waals surface area contributed by atoms with Crippen molar-refractivity contribution in [2.24, 2.45) is 7.05 Å². The highest BCUT2D eigenvalue weighted by molar-refractivity contribution is 5.94. The smallest absolute Gasteiger partial charge is 0.227 e. The molecular weight excluding hydrogens is 338 g/mol. The largest absolute Gasteiger partial charge is 0.328 e. The lowest BCUT2D eigenvalue weighted by atomic mass is 10.1. The Morgan fingerprint density at radius 1 is 1.07 bits per heavy atom. The molecule has 2 heterocycles. The number of fused-ring (bicyclic) bond motifs is 1. The Labute approximate surface area is 157 Å². The number of imidazole rings is 1. The van der Waals surface area contributed by atoms with Crippen LogP contribution in [0.15, 0.2) is 60.8 Å². The Balaban J connectivity index is 1.51. The summed E-state index contributed by atoms with van der Waals surface area (Å²) in [5.74, 6) is 1.57. The number of nitrogens with zero attached hydrogens (tertiary/aromatic N) is 4. The number of aryl methyl sites for hydroxylation is 3. The number of rotatable bonds is 5. The van der Waals surface area contributed by atoms with Crippen molar-refractivity contribution in [3.63, 3.8) is 0 Å². The van der Waals surface area contributed by atoms with Crippen LogP contribution >= 0.6 is 0 Å². The maximum Gasteiger partial charge on any atom is 0.227 e. The highest BCUT2D eigenvalue weighted by Crippen LogP contribution is 2.27. The summed E-state index contributed by atoms with van der Waals surface area (Å²) >= 11 is 0. The maximum absolute atomic E-state index is 12.6. The second-order valence-electron chi connectivity index (χ2n) is 6.49. The number of para-hydroxylation sites is 2. The van der Waals surface area contributed by atoms with Crippen LogP contribution in [0.5, 0.6) is 0 Å². The Morgan fingerprint density at radius 3 is 2.63 bits per heavy atom. The van der Waals surface area contributed by atoms with Crippen molar-refractivity contribution in [2.75, 3.05) is 5.32 Å². The van der Waals surface area contributed by atoms with Gasteiger partial charge in [0, 0.05) is 25.6 Å². The van der Waals surface area contributed by atoms with E-state index in [1.807, 2.05) is 68.6 Å². The first-order valence-electron chi connectivity index (χ1n) is 8.92. The number of hydrogen-bond donors (Lipinski definition) is 1. The third-order valence-corrected chi connectivity index (χ3v) is 4.69. The maximum atomic E-state index is 12.6. The van der Waals surface area contributed by atoms with Crippen LogP contribution in [0.25, 0.3) is 22.2 Å². The Hall–Kier alpha value is -3.41.